The lowest BCUT2D eigenvalue weighted by atomic mass is 9.89. The van der Waals surface area contributed by atoms with Gasteiger partial charge in [0.25, 0.3) is 0 Å². The Hall–Kier alpha value is -4.94. The van der Waals surface area contributed by atoms with Gasteiger partial charge in [-0.3, -0.25) is 9.59 Å². The maximum absolute atomic E-state index is 12.6. The van der Waals surface area contributed by atoms with Gasteiger partial charge in [-0.25, -0.2) is 19.9 Å². The highest BCUT2D eigenvalue weighted by molar-refractivity contribution is 5.83. The monoisotopic (exact) mass is 766 g/mol. The van der Waals surface area contributed by atoms with Gasteiger partial charge in [0.15, 0.2) is 0 Å². The number of morpholine rings is 2. The van der Waals surface area contributed by atoms with E-state index in [1.165, 1.54) is 25.3 Å². The first kappa shape index (κ1) is 42.2. The molecule has 0 aliphatic carbocycles. The molecule has 56 heavy (non-hydrogen) atoms. The molecule has 300 valence electrons. The summed E-state index contributed by atoms with van der Waals surface area (Å²) >= 11 is 0. The molecule has 2 aromatic heterocycles. The van der Waals surface area contributed by atoms with Crippen molar-refractivity contribution in [2.24, 2.45) is 0 Å². The number of carbonyl (C=O) groups is 2. The van der Waals surface area contributed by atoms with Crippen LogP contribution in [0.3, 0.4) is 0 Å². The quantitative estimate of drug-likeness (QED) is 0.134. The molecule has 0 saturated carbocycles. The maximum atomic E-state index is 12.6. The zero-order chi connectivity index (χ0) is 40.2. The third kappa shape index (κ3) is 10.3. The van der Waals surface area contributed by atoms with E-state index in [1.807, 2.05) is 13.8 Å². The second-order valence-corrected chi connectivity index (χ2v) is 14.4. The fourth-order valence-electron chi connectivity index (χ4n) is 7.26. The van der Waals surface area contributed by atoms with Crippen molar-refractivity contribution in [1.82, 2.24) is 19.9 Å². The van der Waals surface area contributed by atoms with E-state index in [0.29, 0.717) is 51.2 Å². The number of carbonyl (C=O) groups excluding carboxylic acids is 2. The molecular formula is C44H58N6O6. The average Bonchev–Trinajstić information content (AvgIpc) is 3.22. The molecule has 2 atom stereocenters. The average molecular weight is 767 g/mol. The summed E-state index contributed by atoms with van der Waals surface area (Å²) < 4.78 is 21.1. The molecule has 2 saturated heterocycles. The number of aromatic nitrogens is 4. The summed E-state index contributed by atoms with van der Waals surface area (Å²) in [6, 6.07) is 16.5. The summed E-state index contributed by atoms with van der Waals surface area (Å²) in [6.07, 6.45) is 3.15. The summed E-state index contributed by atoms with van der Waals surface area (Å²) in [6.45, 7) is 17.9. The van der Waals surface area contributed by atoms with E-state index in [4.69, 9.17) is 38.9 Å². The Kier molecular flexibility index (Phi) is 15.3. The fourth-order valence-corrected chi connectivity index (χ4v) is 7.26. The lowest BCUT2D eigenvalue weighted by Gasteiger charge is -2.28. The number of rotatable bonds is 12. The second-order valence-electron chi connectivity index (χ2n) is 14.4. The van der Waals surface area contributed by atoms with Crippen molar-refractivity contribution < 1.29 is 28.5 Å². The molecule has 0 radical (unpaired) electrons. The second kappa shape index (κ2) is 20.3. The van der Waals surface area contributed by atoms with Crippen LogP contribution in [0.2, 0.25) is 0 Å². The molecule has 12 nitrogen and oxygen atoms in total. The van der Waals surface area contributed by atoms with Crippen LogP contribution >= 0.6 is 0 Å². The van der Waals surface area contributed by atoms with Crippen molar-refractivity contribution in [2.75, 3.05) is 76.6 Å². The van der Waals surface area contributed by atoms with Crippen molar-refractivity contribution >= 4 is 23.8 Å². The number of anilines is 2. The molecular weight excluding hydrogens is 709 g/mol. The third-order valence-corrected chi connectivity index (χ3v) is 10.3. The van der Waals surface area contributed by atoms with Gasteiger partial charge >= 0.3 is 11.9 Å². The minimum Gasteiger partial charge on any atom is -0.469 e. The van der Waals surface area contributed by atoms with Gasteiger partial charge in [-0.05, 0) is 40.5 Å². The predicted octanol–water partition coefficient (Wildman–Crippen LogP) is 7.31. The number of ether oxygens (including phenoxy) is 4. The van der Waals surface area contributed by atoms with Gasteiger partial charge in [-0.1, -0.05) is 86.3 Å². The van der Waals surface area contributed by atoms with E-state index >= 15 is 0 Å². The third-order valence-electron chi connectivity index (χ3n) is 10.3. The largest absolute Gasteiger partial charge is 0.469 e. The molecule has 2 aliphatic heterocycles. The summed E-state index contributed by atoms with van der Waals surface area (Å²) in [5.74, 6) is 0.178. The predicted molar refractivity (Wildman–Crippen MR) is 219 cm³/mol. The number of nitrogens with zero attached hydrogens (tertiary/aromatic N) is 6. The molecule has 2 unspecified atom stereocenters. The van der Waals surface area contributed by atoms with Crippen molar-refractivity contribution in [3.05, 3.63) is 82.2 Å². The Morgan fingerprint density at radius 2 is 0.929 bits per heavy atom. The van der Waals surface area contributed by atoms with Gasteiger partial charge < -0.3 is 28.7 Å². The van der Waals surface area contributed by atoms with Crippen LogP contribution < -0.4 is 9.80 Å². The molecule has 0 amide bonds. The molecule has 2 aromatic carbocycles. The fraction of sp³-hybridized carbons (Fsp3) is 0.500. The van der Waals surface area contributed by atoms with Crippen LogP contribution in [0.4, 0.5) is 11.9 Å². The van der Waals surface area contributed by atoms with Gasteiger partial charge in [0, 0.05) is 59.8 Å². The number of hydrogen-bond donors (Lipinski definition) is 0. The maximum Gasteiger partial charge on any atom is 0.313 e. The van der Waals surface area contributed by atoms with Crippen LogP contribution in [-0.2, 0) is 28.5 Å². The number of hydrogen-bond acceptors (Lipinski definition) is 12. The highest BCUT2D eigenvalue weighted by Crippen LogP contribution is 2.36. The smallest absolute Gasteiger partial charge is 0.313 e. The number of aryl methyl sites for hydroxylation is 4. The van der Waals surface area contributed by atoms with E-state index in [-0.39, 0.29) is 23.8 Å². The standard InChI is InChI=1S/2C22H29N3O3/c2*1-5-6-18(21(26)27-4)19-16(3)23-22(25-11-13-28-14-12-25)24-20(19)17-9-7-15(2)8-10-17/h2*7-10,18H,5-6,11-14H2,1-4H3. The molecule has 0 spiro atoms. The molecule has 6 rings (SSSR count). The molecule has 0 N–H and O–H groups in total. The van der Waals surface area contributed by atoms with Crippen LogP contribution in [-0.4, -0.2) is 98.7 Å². The highest BCUT2D eigenvalue weighted by Gasteiger charge is 2.31. The van der Waals surface area contributed by atoms with Gasteiger partial charge in [0.1, 0.15) is 0 Å². The minimum atomic E-state index is -0.370. The normalized spacial score (nSPS) is 15.4. The molecule has 2 aliphatic rings. The first-order chi connectivity index (χ1) is 27.1. The van der Waals surface area contributed by atoms with E-state index in [1.54, 1.807) is 0 Å². The molecule has 2 fully saturated rings. The van der Waals surface area contributed by atoms with Crippen LogP contribution in [0.5, 0.6) is 0 Å². The van der Waals surface area contributed by atoms with E-state index in [2.05, 4.69) is 86.0 Å². The Labute approximate surface area is 332 Å². The van der Waals surface area contributed by atoms with Crippen molar-refractivity contribution in [3.63, 3.8) is 0 Å². The number of esters is 2. The topological polar surface area (TPSA) is 129 Å². The SMILES string of the molecule is CCCC(C(=O)OC)c1c(C)nc(N2CCOCC2)nc1-c1ccc(C)cc1.CCCC(C(=O)OC)c1c(C)nc(N2CCOCC2)nc1-c1ccc(C)cc1. The van der Waals surface area contributed by atoms with Crippen molar-refractivity contribution in [3.8, 4) is 22.5 Å². The Morgan fingerprint density at radius 3 is 1.23 bits per heavy atom. The van der Waals surface area contributed by atoms with Crippen LogP contribution in [0.15, 0.2) is 48.5 Å². The van der Waals surface area contributed by atoms with Gasteiger partial charge in [0.05, 0.1) is 63.9 Å². The Balaban J connectivity index is 0.000000214. The lowest BCUT2D eigenvalue weighted by molar-refractivity contribution is -0.143. The van der Waals surface area contributed by atoms with Crippen LogP contribution in [0.1, 0.15) is 85.0 Å². The van der Waals surface area contributed by atoms with Crippen molar-refractivity contribution in [2.45, 2.75) is 79.1 Å². The summed E-state index contributed by atoms with van der Waals surface area (Å²) in [7, 11) is 2.88. The molecule has 4 heterocycles. The summed E-state index contributed by atoms with van der Waals surface area (Å²) in [5.41, 5.74) is 9.38. The summed E-state index contributed by atoms with van der Waals surface area (Å²) in [5, 5.41) is 0. The zero-order valence-corrected chi connectivity index (χ0v) is 34.4. The number of methoxy groups -OCH3 is 2. The Morgan fingerprint density at radius 1 is 0.589 bits per heavy atom. The van der Waals surface area contributed by atoms with Gasteiger partial charge in [-0.2, -0.15) is 0 Å². The van der Waals surface area contributed by atoms with E-state index in [9.17, 15) is 9.59 Å². The lowest BCUT2D eigenvalue weighted by Crippen LogP contribution is -2.37. The van der Waals surface area contributed by atoms with Gasteiger partial charge in [-0.15, -0.1) is 0 Å². The zero-order valence-electron chi connectivity index (χ0n) is 34.4. The molecule has 4 aromatic rings. The minimum absolute atomic E-state index is 0.235. The van der Waals surface area contributed by atoms with Crippen LogP contribution in [0.25, 0.3) is 22.5 Å². The first-order valence-electron chi connectivity index (χ1n) is 19.8. The highest BCUT2D eigenvalue weighted by atomic mass is 16.5. The Bertz CT molecular complexity index is 1770. The van der Waals surface area contributed by atoms with E-state index < -0.39 is 0 Å². The van der Waals surface area contributed by atoms with E-state index in [0.717, 1.165) is 84.1 Å². The van der Waals surface area contributed by atoms with Crippen molar-refractivity contribution in [1.29, 1.82) is 0 Å². The number of benzene rings is 2. The molecule has 0 bridgehead atoms. The van der Waals surface area contributed by atoms with Crippen LogP contribution in [0, 0.1) is 27.7 Å². The molecule has 12 heteroatoms. The summed E-state index contributed by atoms with van der Waals surface area (Å²) in [4.78, 5) is 48.8. The van der Waals surface area contributed by atoms with Gasteiger partial charge in [0.2, 0.25) is 11.9 Å². The first-order valence-corrected chi connectivity index (χ1v) is 19.8.